The lowest BCUT2D eigenvalue weighted by atomic mass is 9.95. The Labute approximate surface area is 237 Å². The quantitative estimate of drug-likeness (QED) is 0.249. The first-order valence-electron chi connectivity index (χ1n) is 12.8. The van der Waals surface area contributed by atoms with Crippen molar-refractivity contribution >= 4 is 50.9 Å². The number of anilines is 1. The highest BCUT2D eigenvalue weighted by Crippen LogP contribution is 2.35. The van der Waals surface area contributed by atoms with Crippen LogP contribution >= 0.6 is 39.3 Å². The number of amides is 1. The third-order valence-corrected chi connectivity index (χ3v) is 8.77. The molecule has 37 heavy (non-hydrogen) atoms. The molecular formula is C28H34BrClN4O2S. The molecule has 6 nitrogen and oxygen atoms in total. The summed E-state index contributed by atoms with van der Waals surface area (Å²) in [6.45, 7) is 8.66. The molecule has 3 aromatic rings. The molecule has 0 aliphatic heterocycles. The Morgan fingerprint density at radius 1 is 1.16 bits per heavy atom. The molecule has 4 rings (SSSR count). The number of thioether (sulfide) groups is 1. The Morgan fingerprint density at radius 2 is 1.92 bits per heavy atom. The van der Waals surface area contributed by atoms with Gasteiger partial charge in [0.05, 0.1) is 5.75 Å². The highest BCUT2D eigenvalue weighted by molar-refractivity contribution is 9.10. The van der Waals surface area contributed by atoms with E-state index in [0.29, 0.717) is 23.6 Å². The van der Waals surface area contributed by atoms with E-state index in [-0.39, 0.29) is 11.7 Å². The van der Waals surface area contributed by atoms with E-state index in [1.54, 1.807) is 6.07 Å². The molecule has 1 aliphatic carbocycles. The SMILES string of the molecule is Cc1cc(OCc2nnc(SCC(=O)Nc3ccc(Cl)cc3C)n2C2CCCCC2)c(C(C)C)cc1Br. The molecule has 0 saturated heterocycles. The Morgan fingerprint density at radius 3 is 2.62 bits per heavy atom. The molecule has 0 radical (unpaired) electrons. The molecule has 0 bridgehead atoms. The topological polar surface area (TPSA) is 69.0 Å². The van der Waals surface area contributed by atoms with E-state index in [1.165, 1.54) is 31.0 Å². The standard InChI is InChI=1S/C28H34BrClN4O2S/c1-17(2)22-14-23(29)18(3)13-25(22)36-15-26-32-33-28(34(26)21-8-6-5-7-9-21)37-16-27(35)31-24-11-10-20(30)12-19(24)4/h10-14,17,21H,5-9,15-16H2,1-4H3,(H,31,35). The number of halogens is 2. The van der Waals surface area contributed by atoms with E-state index in [2.05, 4.69) is 68.9 Å². The van der Waals surface area contributed by atoms with Crippen LogP contribution < -0.4 is 10.1 Å². The van der Waals surface area contributed by atoms with Crippen molar-refractivity contribution in [1.29, 1.82) is 0 Å². The molecule has 1 fully saturated rings. The minimum atomic E-state index is -0.0849. The average molecular weight is 606 g/mol. The van der Waals surface area contributed by atoms with Gasteiger partial charge in [-0.15, -0.1) is 10.2 Å². The number of hydrogen-bond acceptors (Lipinski definition) is 5. The van der Waals surface area contributed by atoms with Gasteiger partial charge in [0.1, 0.15) is 12.4 Å². The summed E-state index contributed by atoms with van der Waals surface area (Å²) in [6, 6.07) is 10.00. The minimum Gasteiger partial charge on any atom is -0.485 e. The zero-order valence-electron chi connectivity index (χ0n) is 21.8. The van der Waals surface area contributed by atoms with Gasteiger partial charge in [0.25, 0.3) is 0 Å². The van der Waals surface area contributed by atoms with Crippen LogP contribution in [-0.4, -0.2) is 26.4 Å². The third kappa shape index (κ3) is 7.09. The zero-order valence-corrected chi connectivity index (χ0v) is 25.0. The Bertz CT molecular complexity index is 1260. The fraction of sp³-hybridized carbons (Fsp3) is 0.464. The van der Waals surface area contributed by atoms with E-state index in [1.807, 2.05) is 19.1 Å². The largest absolute Gasteiger partial charge is 0.485 e. The Kier molecular flexibility index (Phi) is 9.59. The first-order valence-corrected chi connectivity index (χ1v) is 14.9. The lowest BCUT2D eigenvalue weighted by Crippen LogP contribution is -2.19. The van der Waals surface area contributed by atoms with Crippen LogP contribution in [0.4, 0.5) is 5.69 Å². The van der Waals surface area contributed by atoms with Crippen molar-refractivity contribution < 1.29 is 9.53 Å². The lowest BCUT2D eigenvalue weighted by Gasteiger charge is -2.25. The van der Waals surface area contributed by atoms with Crippen molar-refractivity contribution in [3.63, 3.8) is 0 Å². The highest BCUT2D eigenvalue weighted by atomic mass is 79.9. The third-order valence-electron chi connectivity index (χ3n) is 6.74. The molecule has 1 saturated carbocycles. The molecule has 1 heterocycles. The number of ether oxygens (including phenoxy) is 1. The second-order valence-electron chi connectivity index (χ2n) is 9.94. The smallest absolute Gasteiger partial charge is 0.234 e. The number of rotatable bonds is 9. The van der Waals surface area contributed by atoms with Gasteiger partial charge in [-0.3, -0.25) is 9.36 Å². The van der Waals surface area contributed by atoms with Crippen molar-refractivity contribution in [1.82, 2.24) is 14.8 Å². The molecule has 1 aromatic heterocycles. The predicted octanol–water partition coefficient (Wildman–Crippen LogP) is 8.25. The number of hydrogen-bond donors (Lipinski definition) is 1. The maximum atomic E-state index is 12.7. The molecular weight excluding hydrogens is 572 g/mol. The van der Waals surface area contributed by atoms with E-state index >= 15 is 0 Å². The number of aryl methyl sites for hydroxylation is 2. The number of nitrogens with one attached hydrogen (secondary N) is 1. The second-order valence-corrected chi connectivity index (χ2v) is 12.2. The van der Waals surface area contributed by atoms with Crippen LogP contribution in [0, 0.1) is 13.8 Å². The molecule has 2 aromatic carbocycles. The summed E-state index contributed by atoms with van der Waals surface area (Å²) in [5.74, 6) is 2.17. The van der Waals surface area contributed by atoms with Gasteiger partial charge in [-0.25, -0.2) is 0 Å². The molecule has 0 atom stereocenters. The van der Waals surface area contributed by atoms with Gasteiger partial charge in [-0.2, -0.15) is 0 Å². The summed E-state index contributed by atoms with van der Waals surface area (Å²) >= 11 is 11.1. The summed E-state index contributed by atoms with van der Waals surface area (Å²) < 4.78 is 9.65. The Balaban J connectivity index is 1.50. The van der Waals surface area contributed by atoms with Crippen molar-refractivity contribution in [2.75, 3.05) is 11.1 Å². The first-order chi connectivity index (χ1) is 17.7. The molecule has 198 valence electrons. The van der Waals surface area contributed by atoms with E-state index in [4.69, 9.17) is 16.3 Å². The molecule has 0 unspecified atom stereocenters. The van der Waals surface area contributed by atoms with Gasteiger partial charge in [0.15, 0.2) is 11.0 Å². The molecule has 1 amide bonds. The fourth-order valence-corrected chi connectivity index (χ4v) is 6.10. The number of benzene rings is 2. The van der Waals surface area contributed by atoms with E-state index in [9.17, 15) is 4.79 Å². The van der Waals surface area contributed by atoms with Gasteiger partial charge in [-0.1, -0.05) is 72.4 Å². The number of carbonyl (C=O) groups is 1. The van der Waals surface area contributed by atoms with Crippen molar-refractivity contribution in [2.45, 2.75) is 83.5 Å². The minimum absolute atomic E-state index is 0.0849. The van der Waals surface area contributed by atoms with Crippen molar-refractivity contribution in [3.8, 4) is 5.75 Å². The predicted molar refractivity (Wildman–Crippen MR) is 155 cm³/mol. The van der Waals surface area contributed by atoms with Gasteiger partial charge in [0, 0.05) is 21.2 Å². The Hall–Kier alpha value is -2.03. The van der Waals surface area contributed by atoms with Crippen LogP contribution in [0.15, 0.2) is 40.0 Å². The van der Waals surface area contributed by atoms with Crippen LogP contribution in [0.3, 0.4) is 0 Å². The van der Waals surface area contributed by atoms with Gasteiger partial charge in [-0.05, 0) is 79.6 Å². The zero-order chi connectivity index (χ0) is 26.5. The first kappa shape index (κ1) is 28.0. The molecule has 9 heteroatoms. The van der Waals surface area contributed by atoms with Gasteiger partial charge < -0.3 is 10.1 Å². The van der Waals surface area contributed by atoms with Crippen molar-refractivity contribution in [3.05, 3.63) is 62.3 Å². The normalized spacial score (nSPS) is 14.2. The van der Waals surface area contributed by atoms with Crippen LogP contribution in [-0.2, 0) is 11.4 Å². The second kappa shape index (κ2) is 12.7. The lowest BCUT2D eigenvalue weighted by molar-refractivity contribution is -0.113. The number of aromatic nitrogens is 3. The van der Waals surface area contributed by atoms with E-state index < -0.39 is 0 Å². The monoisotopic (exact) mass is 604 g/mol. The summed E-state index contributed by atoms with van der Waals surface area (Å²) in [5, 5.41) is 13.4. The molecule has 0 spiro atoms. The number of nitrogens with zero attached hydrogens (tertiary/aromatic N) is 3. The molecule has 1 N–H and O–H groups in total. The van der Waals surface area contributed by atoms with Gasteiger partial charge in [0.2, 0.25) is 5.91 Å². The maximum Gasteiger partial charge on any atom is 0.234 e. The maximum absolute atomic E-state index is 12.7. The summed E-state index contributed by atoms with van der Waals surface area (Å²) in [7, 11) is 0. The van der Waals surface area contributed by atoms with Crippen LogP contribution in [0.5, 0.6) is 5.75 Å². The van der Waals surface area contributed by atoms with Crippen LogP contribution in [0.1, 0.15) is 80.4 Å². The van der Waals surface area contributed by atoms with Crippen LogP contribution in [0.25, 0.3) is 0 Å². The molecule has 1 aliphatic rings. The summed E-state index contributed by atoms with van der Waals surface area (Å²) in [5.41, 5.74) is 3.99. The summed E-state index contributed by atoms with van der Waals surface area (Å²) in [6.07, 6.45) is 5.80. The average Bonchev–Trinajstić information content (AvgIpc) is 3.28. The van der Waals surface area contributed by atoms with E-state index in [0.717, 1.165) is 56.4 Å². The summed E-state index contributed by atoms with van der Waals surface area (Å²) in [4.78, 5) is 12.7. The van der Waals surface area contributed by atoms with Crippen molar-refractivity contribution in [2.24, 2.45) is 0 Å². The van der Waals surface area contributed by atoms with Gasteiger partial charge >= 0.3 is 0 Å². The fourth-order valence-electron chi connectivity index (χ4n) is 4.68. The van der Waals surface area contributed by atoms with Crippen LogP contribution in [0.2, 0.25) is 5.02 Å². The number of carbonyl (C=O) groups excluding carboxylic acids is 1. The highest BCUT2D eigenvalue weighted by Gasteiger charge is 2.24.